The van der Waals surface area contributed by atoms with Gasteiger partial charge in [-0.1, -0.05) is 109 Å². The summed E-state index contributed by atoms with van der Waals surface area (Å²) < 4.78 is 0. The minimum absolute atomic E-state index is 0.846. The van der Waals surface area contributed by atoms with Crippen LogP contribution in [0.4, 0.5) is 17.1 Å². The summed E-state index contributed by atoms with van der Waals surface area (Å²) >= 11 is 0. The van der Waals surface area contributed by atoms with Gasteiger partial charge in [-0.15, -0.1) is 5.10 Å². The highest BCUT2D eigenvalue weighted by Gasteiger charge is 2.11. The summed E-state index contributed by atoms with van der Waals surface area (Å²) in [6.45, 7) is 0. The predicted molar refractivity (Wildman–Crippen MR) is 147 cm³/mol. The molecule has 0 radical (unpaired) electrons. The maximum absolute atomic E-state index is 4.59. The largest absolute Gasteiger partial charge is 0.311 e. The maximum atomic E-state index is 4.59. The average molecular weight is 452 g/mol. The zero-order chi connectivity index (χ0) is 23.7. The van der Waals surface area contributed by atoms with E-state index in [0.29, 0.717) is 0 Å². The summed E-state index contributed by atoms with van der Waals surface area (Å²) in [5.74, 6) is 0. The van der Waals surface area contributed by atoms with Crippen molar-refractivity contribution >= 4 is 29.0 Å². The zero-order valence-electron chi connectivity index (χ0n) is 19.3. The lowest BCUT2D eigenvalue weighted by Crippen LogP contribution is -2.09. The molecular formula is C32H25N3. The van der Waals surface area contributed by atoms with Gasteiger partial charge in [-0.05, 0) is 42.0 Å². The minimum Gasteiger partial charge on any atom is -0.311 e. The van der Waals surface area contributed by atoms with E-state index in [1.165, 1.54) is 0 Å². The first-order valence-electron chi connectivity index (χ1n) is 11.6. The SMILES string of the molecule is C(=NN=C(c1ccccc1)c1ccccc1)c1ccc(N(c2ccccc2)c2ccccc2)cc1. The van der Waals surface area contributed by atoms with Gasteiger partial charge in [0.15, 0.2) is 0 Å². The van der Waals surface area contributed by atoms with Crippen LogP contribution in [-0.4, -0.2) is 11.9 Å². The van der Waals surface area contributed by atoms with Crippen LogP contribution < -0.4 is 4.90 Å². The van der Waals surface area contributed by atoms with E-state index < -0.39 is 0 Å². The third kappa shape index (κ3) is 5.43. The lowest BCUT2D eigenvalue weighted by atomic mass is 10.0. The summed E-state index contributed by atoms with van der Waals surface area (Å²) in [5, 5.41) is 9.02. The molecule has 3 nitrogen and oxygen atoms in total. The summed E-state index contributed by atoms with van der Waals surface area (Å²) in [5.41, 5.74) is 7.20. The number of anilines is 3. The number of hydrogen-bond acceptors (Lipinski definition) is 3. The quantitative estimate of drug-likeness (QED) is 0.182. The van der Waals surface area contributed by atoms with Crippen LogP contribution in [0, 0.1) is 0 Å². The Balaban J connectivity index is 1.43. The molecule has 168 valence electrons. The molecule has 0 amide bonds. The van der Waals surface area contributed by atoms with E-state index in [1.54, 1.807) is 6.21 Å². The third-order valence-electron chi connectivity index (χ3n) is 5.64. The summed E-state index contributed by atoms with van der Waals surface area (Å²) in [7, 11) is 0. The summed E-state index contributed by atoms with van der Waals surface area (Å²) in [6.07, 6.45) is 1.80. The van der Waals surface area contributed by atoms with Crippen LogP contribution >= 0.6 is 0 Å². The highest BCUT2D eigenvalue weighted by Crippen LogP contribution is 2.33. The fourth-order valence-electron chi connectivity index (χ4n) is 3.94. The Hall–Kier alpha value is -4.76. The van der Waals surface area contributed by atoms with Crippen LogP contribution in [0.25, 0.3) is 0 Å². The van der Waals surface area contributed by atoms with Crippen LogP contribution in [0.2, 0.25) is 0 Å². The Bertz CT molecular complexity index is 1310. The Kier molecular flexibility index (Phi) is 6.87. The number of hydrogen-bond donors (Lipinski definition) is 0. The van der Waals surface area contributed by atoms with Crippen molar-refractivity contribution in [1.29, 1.82) is 0 Å². The molecule has 0 aliphatic heterocycles. The second kappa shape index (κ2) is 10.9. The van der Waals surface area contributed by atoms with E-state index in [2.05, 4.69) is 112 Å². The van der Waals surface area contributed by atoms with Crippen molar-refractivity contribution in [1.82, 2.24) is 0 Å². The maximum Gasteiger partial charge on any atom is 0.100 e. The average Bonchev–Trinajstić information content (AvgIpc) is 2.94. The van der Waals surface area contributed by atoms with Crippen molar-refractivity contribution in [3.05, 3.63) is 162 Å². The van der Waals surface area contributed by atoms with Crippen LogP contribution in [0.1, 0.15) is 16.7 Å². The Morgan fingerprint density at radius 3 is 1.31 bits per heavy atom. The summed E-state index contributed by atoms with van der Waals surface area (Å²) in [6, 6.07) is 49.4. The van der Waals surface area contributed by atoms with E-state index in [9.17, 15) is 0 Å². The van der Waals surface area contributed by atoms with Crippen LogP contribution in [0.5, 0.6) is 0 Å². The molecule has 0 unspecified atom stereocenters. The molecule has 35 heavy (non-hydrogen) atoms. The van der Waals surface area contributed by atoms with Gasteiger partial charge in [-0.2, -0.15) is 5.10 Å². The van der Waals surface area contributed by atoms with E-state index in [0.717, 1.165) is 39.5 Å². The molecule has 0 atom stereocenters. The first kappa shape index (κ1) is 22.1. The molecule has 0 N–H and O–H groups in total. The van der Waals surface area contributed by atoms with Gasteiger partial charge in [0.05, 0.1) is 6.21 Å². The van der Waals surface area contributed by atoms with Gasteiger partial charge in [0.1, 0.15) is 5.71 Å². The molecule has 0 fully saturated rings. The fourth-order valence-corrected chi connectivity index (χ4v) is 3.94. The molecule has 5 aromatic carbocycles. The normalized spacial score (nSPS) is 10.7. The van der Waals surface area contributed by atoms with E-state index >= 15 is 0 Å². The van der Waals surface area contributed by atoms with Crippen LogP contribution in [-0.2, 0) is 0 Å². The number of benzene rings is 5. The molecule has 0 aliphatic carbocycles. The summed E-state index contributed by atoms with van der Waals surface area (Å²) in [4.78, 5) is 2.24. The van der Waals surface area contributed by atoms with Crippen LogP contribution in [0.3, 0.4) is 0 Å². The number of nitrogens with zero attached hydrogens (tertiary/aromatic N) is 3. The molecule has 0 saturated carbocycles. The number of para-hydroxylation sites is 2. The second-order valence-electron chi connectivity index (χ2n) is 8.02. The Labute approximate surface area is 206 Å². The third-order valence-corrected chi connectivity index (χ3v) is 5.64. The fraction of sp³-hybridized carbons (Fsp3) is 0. The number of rotatable bonds is 7. The second-order valence-corrected chi connectivity index (χ2v) is 8.02. The van der Waals surface area contributed by atoms with Gasteiger partial charge in [0, 0.05) is 28.2 Å². The zero-order valence-corrected chi connectivity index (χ0v) is 19.3. The topological polar surface area (TPSA) is 28.0 Å². The highest BCUT2D eigenvalue weighted by molar-refractivity contribution is 6.13. The molecule has 0 heterocycles. The predicted octanol–water partition coefficient (Wildman–Crippen LogP) is 8.03. The Morgan fingerprint density at radius 1 is 0.457 bits per heavy atom. The van der Waals surface area contributed by atoms with Gasteiger partial charge < -0.3 is 4.90 Å². The van der Waals surface area contributed by atoms with Gasteiger partial charge in [-0.25, -0.2) is 0 Å². The van der Waals surface area contributed by atoms with Crippen molar-refractivity contribution < 1.29 is 0 Å². The standard InChI is InChI=1S/C32H25N3/c1-5-13-27(14-6-1)32(28-15-7-2-8-16-28)34-33-25-26-21-23-31(24-22-26)35(29-17-9-3-10-18-29)30-19-11-4-12-20-30/h1-25H. The van der Waals surface area contributed by atoms with Crippen LogP contribution in [0.15, 0.2) is 156 Å². The highest BCUT2D eigenvalue weighted by atomic mass is 15.2. The molecule has 0 saturated heterocycles. The van der Waals surface area contributed by atoms with Crippen molar-refractivity contribution in [2.45, 2.75) is 0 Å². The van der Waals surface area contributed by atoms with Gasteiger partial charge in [0.2, 0.25) is 0 Å². The molecule has 0 spiro atoms. The molecule has 5 aromatic rings. The first-order chi connectivity index (χ1) is 17.4. The molecule has 0 aromatic heterocycles. The lowest BCUT2D eigenvalue weighted by Gasteiger charge is -2.25. The first-order valence-corrected chi connectivity index (χ1v) is 11.6. The van der Waals surface area contributed by atoms with Gasteiger partial charge in [0.25, 0.3) is 0 Å². The van der Waals surface area contributed by atoms with Crippen molar-refractivity contribution in [3.8, 4) is 0 Å². The van der Waals surface area contributed by atoms with E-state index in [-0.39, 0.29) is 0 Å². The molecule has 0 aliphatic rings. The van der Waals surface area contributed by atoms with Gasteiger partial charge in [-0.3, -0.25) is 0 Å². The molecule has 0 bridgehead atoms. The molecular weight excluding hydrogens is 426 g/mol. The Morgan fingerprint density at radius 2 is 0.857 bits per heavy atom. The van der Waals surface area contributed by atoms with Crippen molar-refractivity contribution in [2.24, 2.45) is 10.2 Å². The van der Waals surface area contributed by atoms with Crippen molar-refractivity contribution in [2.75, 3.05) is 4.90 Å². The molecule has 3 heteroatoms. The monoisotopic (exact) mass is 451 g/mol. The van der Waals surface area contributed by atoms with E-state index in [4.69, 9.17) is 0 Å². The molecule has 5 rings (SSSR count). The minimum atomic E-state index is 0.846. The lowest BCUT2D eigenvalue weighted by molar-refractivity contribution is 1.24. The van der Waals surface area contributed by atoms with Crippen molar-refractivity contribution in [3.63, 3.8) is 0 Å². The smallest absolute Gasteiger partial charge is 0.100 e. The van der Waals surface area contributed by atoms with Gasteiger partial charge >= 0.3 is 0 Å². The van der Waals surface area contributed by atoms with E-state index in [1.807, 2.05) is 48.5 Å².